The van der Waals surface area contributed by atoms with E-state index in [1.54, 1.807) is 24.3 Å². The second kappa shape index (κ2) is 10.7. The van der Waals surface area contributed by atoms with Crippen molar-refractivity contribution in [3.05, 3.63) is 53.1 Å². The van der Waals surface area contributed by atoms with E-state index in [2.05, 4.69) is 30.3 Å². The summed E-state index contributed by atoms with van der Waals surface area (Å²) in [7, 11) is 0. The molecule has 0 aromatic heterocycles. The number of rotatable bonds is 8. The van der Waals surface area contributed by atoms with Gasteiger partial charge in [-0.1, -0.05) is 37.9 Å². The number of piperazine rings is 1. The highest BCUT2D eigenvalue weighted by Gasteiger charge is 2.21. The van der Waals surface area contributed by atoms with E-state index in [1.165, 1.54) is 5.56 Å². The predicted octanol–water partition coefficient (Wildman–Crippen LogP) is 4.80. The van der Waals surface area contributed by atoms with Gasteiger partial charge >= 0.3 is 0 Å². The largest absolute Gasteiger partial charge is 0.508 e. The van der Waals surface area contributed by atoms with E-state index in [1.807, 2.05) is 23.8 Å². The van der Waals surface area contributed by atoms with Gasteiger partial charge in [-0.3, -0.25) is 4.79 Å². The van der Waals surface area contributed by atoms with Crippen LogP contribution in [0.4, 0.5) is 0 Å². The molecule has 0 aliphatic carbocycles. The summed E-state index contributed by atoms with van der Waals surface area (Å²) in [5.74, 6) is 3.12. The van der Waals surface area contributed by atoms with Crippen LogP contribution in [0, 0.1) is 6.92 Å². The van der Waals surface area contributed by atoms with Crippen LogP contribution >= 0.6 is 11.9 Å². The van der Waals surface area contributed by atoms with Crippen LogP contribution in [-0.4, -0.2) is 52.2 Å². The predicted molar refractivity (Wildman–Crippen MR) is 123 cm³/mol. The van der Waals surface area contributed by atoms with Gasteiger partial charge in [0.05, 0.1) is 0 Å². The first-order chi connectivity index (χ1) is 14.5. The Morgan fingerprint density at radius 1 is 1.10 bits per heavy atom. The summed E-state index contributed by atoms with van der Waals surface area (Å²) < 4.78 is 8.45. The molecular formula is C24H32N2O3S. The van der Waals surface area contributed by atoms with E-state index in [0.29, 0.717) is 12.2 Å². The van der Waals surface area contributed by atoms with Gasteiger partial charge in [-0.2, -0.15) is 0 Å². The molecule has 1 heterocycles. The smallest absolute Gasteiger partial charge is 0.222 e. The third-order valence-corrected chi connectivity index (χ3v) is 6.37. The van der Waals surface area contributed by atoms with E-state index in [0.717, 1.165) is 61.6 Å². The van der Waals surface area contributed by atoms with Gasteiger partial charge in [0, 0.05) is 38.4 Å². The van der Waals surface area contributed by atoms with Crippen molar-refractivity contribution in [2.24, 2.45) is 0 Å². The average Bonchev–Trinajstić information content (AvgIpc) is 2.75. The van der Waals surface area contributed by atoms with E-state index in [4.69, 9.17) is 4.74 Å². The van der Waals surface area contributed by atoms with Gasteiger partial charge in [-0.05, 0) is 60.7 Å². The number of phenols is 1. The lowest BCUT2D eigenvalue weighted by atomic mass is 9.99. The molecule has 6 heteroatoms. The minimum absolute atomic E-state index is 0.223. The lowest BCUT2D eigenvalue weighted by Crippen LogP contribution is -2.46. The summed E-state index contributed by atoms with van der Waals surface area (Å²) >= 11 is 1.86. The molecular weight excluding hydrogens is 396 g/mol. The van der Waals surface area contributed by atoms with Crippen molar-refractivity contribution in [3.8, 4) is 17.2 Å². The number of phenolic OH excluding ortho intramolecular Hbond substituents is 1. The second-order valence-corrected chi connectivity index (χ2v) is 8.93. The highest BCUT2D eigenvalue weighted by atomic mass is 32.2. The van der Waals surface area contributed by atoms with E-state index in [9.17, 15) is 9.90 Å². The molecule has 1 amide bonds. The van der Waals surface area contributed by atoms with Crippen LogP contribution < -0.4 is 4.74 Å². The van der Waals surface area contributed by atoms with Crippen molar-refractivity contribution >= 4 is 17.9 Å². The van der Waals surface area contributed by atoms with Crippen LogP contribution in [0.5, 0.6) is 17.2 Å². The van der Waals surface area contributed by atoms with Gasteiger partial charge in [0.25, 0.3) is 0 Å². The number of hydrogen-bond donors (Lipinski definition) is 1. The van der Waals surface area contributed by atoms with Gasteiger partial charge in [-0.15, -0.1) is 0 Å². The Hall–Kier alpha value is -2.18. The first-order valence-electron chi connectivity index (χ1n) is 10.7. The van der Waals surface area contributed by atoms with E-state index in [-0.39, 0.29) is 11.7 Å². The summed E-state index contributed by atoms with van der Waals surface area (Å²) in [6, 6.07) is 11.1. The number of carbonyl (C=O) groups excluding carboxylic acids is 1. The Morgan fingerprint density at radius 2 is 1.80 bits per heavy atom. The Labute approximate surface area is 184 Å². The summed E-state index contributed by atoms with van der Waals surface area (Å²) in [6.07, 6.45) is 2.14. The molecule has 1 N–H and O–H groups in total. The molecule has 5 nitrogen and oxygen atoms in total. The Kier molecular flexibility index (Phi) is 8.05. The molecule has 0 bridgehead atoms. The van der Waals surface area contributed by atoms with Gasteiger partial charge in [0.1, 0.15) is 17.2 Å². The van der Waals surface area contributed by atoms with Gasteiger partial charge in [0.2, 0.25) is 5.91 Å². The van der Waals surface area contributed by atoms with Crippen molar-refractivity contribution in [3.63, 3.8) is 0 Å². The topological polar surface area (TPSA) is 53.0 Å². The number of ether oxygens (including phenoxy) is 1. The summed E-state index contributed by atoms with van der Waals surface area (Å²) in [5.41, 5.74) is 3.38. The number of hydrogen-bond acceptors (Lipinski definition) is 5. The minimum Gasteiger partial charge on any atom is -0.508 e. The van der Waals surface area contributed by atoms with Gasteiger partial charge < -0.3 is 14.7 Å². The van der Waals surface area contributed by atoms with Crippen molar-refractivity contribution in [1.82, 2.24) is 9.21 Å². The molecule has 1 aliphatic rings. The fourth-order valence-electron chi connectivity index (χ4n) is 3.77. The van der Waals surface area contributed by atoms with Crippen molar-refractivity contribution in [2.45, 2.75) is 40.0 Å². The zero-order valence-electron chi connectivity index (χ0n) is 18.2. The first-order valence-corrected chi connectivity index (χ1v) is 11.7. The average molecular weight is 429 g/mol. The standard InChI is InChI=1S/C24H32N2O3S/c1-4-20-17-19(6-11-23(28)25-12-14-26(15-13-25)30-5-2)16-18(3)24(20)29-22-9-7-21(27)8-10-22/h7-10,16-17,27H,4-6,11-15H2,1-3H3. The van der Waals surface area contributed by atoms with Crippen molar-refractivity contribution in [1.29, 1.82) is 0 Å². The Balaban J connectivity index is 1.61. The molecule has 1 fully saturated rings. The molecule has 3 rings (SSSR count). The number of amides is 1. The van der Waals surface area contributed by atoms with Gasteiger partial charge in [-0.25, -0.2) is 4.31 Å². The lowest BCUT2D eigenvalue weighted by molar-refractivity contribution is -0.132. The fraction of sp³-hybridized carbons (Fsp3) is 0.458. The molecule has 162 valence electrons. The fourth-order valence-corrected chi connectivity index (χ4v) is 4.56. The van der Waals surface area contributed by atoms with E-state index >= 15 is 0 Å². The maximum absolute atomic E-state index is 12.7. The maximum Gasteiger partial charge on any atom is 0.222 e. The highest BCUT2D eigenvalue weighted by molar-refractivity contribution is 7.96. The lowest BCUT2D eigenvalue weighted by Gasteiger charge is -2.33. The third-order valence-electron chi connectivity index (χ3n) is 5.38. The van der Waals surface area contributed by atoms with Crippen LogP contribution in [0.3, 0.4) is 0 Å². The Bertz CT molecular complexity index is 846. The Morgan fingerprint density at radius 3 is 2.43 bits per heavy atom. The minimum atomic E-state index is 0.223. The van der Waals surface area contributed by atoms with Crippen LogP contribution in [0.1, 0.15) is 37.0 Å². The van der Waals surface area contributed by atoms with Gasteiger partial charge in [0.15, 0.2) is 0 Å². The molecule has 1 aliphatic heterocycles. The molecule has 1 saturated heterocycles. The number of aryl methyl sites for hydroxylation is 3. The van der Waals surface area contributed by atoms with Crippen LogP contribution in [-0.2, 0) is 17.6 Å². The van der Waals surface area contributed by atoms with Crippen LogP contribution in [0.25, 0.3) is 0 Å². The normalized spacial score (nSPS) is 14.7. The maximum atomic E-state index is 12.7. The summed E-state index contributed by atoms with van der Waals surface area (Å²) in [6.45, 7) is 9.87. The zero-order valence-corrected chi connectivity index (χ0v) is 19.0. The number of aromatic hydroxyl groups is 1. The summed E-state index contributed by atoms with van der Waals surface area (Å²) in [4.78, 5) is 14.7. The third kappa shape index (κ3) is 5.92. The second-order valence-electron chi connectivity index (χ2n) is 7.58. The highest BCUT2D eigenvalue weighted by Crippen LogP contribution is 2.32. The van der Waals surface area contributed by atoms with Crippen LogP contribution in [0.2, 0.25) is 0 Å². The molecule has 0 atom stereocenters. The molecule has 0 spiro atoms. The summed E-state index contributed by atoms with van der Waals surface area (Å²) in [5, 5.41) is 9.46. The quantitative estimate of drug-likeness (QED) is 0.612. The molecule has 0 radical (unpaired) electrons. The number of benzene rings is 2. The molecule has 2 aromatic carbocycles. The zero-order chi connectivity index (χ0) is 21.5. The molecule has 30 heavy (non-hydrogen) atoms. The number of nitrogens with zero attached hydrogens (tertiary/aromatic N) is 2. The molecule has 2 aromatic rings. The van der Waals surface area contributed by atoms with Crippen molar-refractivity contribution < 1.29 is 14.6 Å². The SMILES string of the molecule is CCSN1CCN(C(=O)CCc2cc(C)c(Oc3ccc(O)cc3)c(CC)c2)CC1. The molecule has 0 unspecified atom stereocenters. The first kappa shape index (κ1) is 22.5. The number of carbonyl (C=O) groups is 1. The molecule has 0 saturated carbocycles. The van der Waals surface area contributed by atoms with Crippen LogP contribution in [0.15, 0.2) is 36.4 Å². The van der Waals surface area contributed by atoms with Crippen molar-refractivity contribution in [2.75, 3.05) is 31.9 Å². The monoisotopic (exact) mass is 428 g/mol. The van der Waals surface area contributed by atoms with E-state index < -0.39 is 0 Å².